The molecular weight excluding hydrogens is 424 g/mol. The molecule has 0 amide bonds. The molecule has 6 nitrogen and oxygen atoms in total. The van der Waals surface area contributed by atoms with E-state index in [1.165, 1.54) is 24.0 Å². The van der Waals surface area contributed by atoms with Crippen LogP contribution in [0.25, 0.3) is 11.4 Å². The van der Waals surface area contributed by atoms with Crippen LogP contribution in [0.1, 0.15) is 51.4 Å². The van der Waals surface area contributed by atoms with Crippen LogP contribution in [-0.4, -0.2) is 19.7 Å². The van der Waals surface area contributed by atoms with Gasteiger partial charge in [-0.25, -0.2) is 4.68 Å². The summed E-state index contributed by atoms with van der Waals surface area (Å²) in [4.78, 5) is 26.9. The van der Waals surface area contributed by atoms with Crippen LogP contribution in [0.3, 0.4) is 0 Å². The van der Waals surface area contributed by atoms with Crippen molar-refractivity contribution in [3.63, 3.8) is 0 Å². The predicted molar refractivity (Wildman–Crippen MR) is 132 cm³/mol. The van der Waals surface area contributed by atoms with E-state index in [4.69, 9.17) is 0 Å². The second-order valence-electron chi connectivity index (χ2n) is 9.33. The van der Waals surface area contributed by atoms with Crippen molar-refractivity contribution < 1.29 is 9.36 Å². The molecule has 1 aliphatic rings. The summed E-state index contributed by atoms with van der Waals surface area (Å²) in [6.45, 7) is 6.12. The number of fused-ring (bicyclic) bond motifs is 1. The number of carbonyl (C=O) groups excluding carboxylic acids is 1. The average Bonchev–Trinajstić information content (AvgIpc) is 3.25. The fourth-order valence-electron chi connectivity index (χ4n) is 5.27. The number of carbonyl (C=O) groups is 1. The monoisotopic (exact) mass is 455 g/mol. The highest BCUT2D eigenvalue weighted by molar-refractivity contribution is 5.96. The van der Waals surface area contributed by atoms with Crippen LogP contribution >= 0.6 is 0 Å². The van der Waals surface area contributed by atoms with Crippen LogP contribution in [0.5, 0.6) is 0 Å². The Labute approximate surface area is 199 Å². The Bertz CT molecular complexity index is 1450. The molecule has 1 aromatic carbocycles. The number of hydrogen-bond donors (Lipinski definition) is 0. The second-order valence-corrected chi connectivity index (χ2v) is 9.33. The number of ketones is 1. The third-order valence-corrected chi connectivity index (χ3v) is 7.15. The third-order valence-electron chi connectivity index (χ3n) is 7.15. The van der Waals surface area contributed by atoms with Gasteiger partial charge < -0.3 is 4.57 Å². The first-order valence-corrected chi connectivity index (χ1v) is 11.9. The van der Waals surface area contributed by atoms with Crippen LogP contribution in [0.15, 0.2) is 59.7 Å². The van der Waals surface area contributed by atoms with E-state index in [2.05, 4.69) is 12.3 Å². The standard InChI is InChI=1S/C28H31N4O2/c1-19-16-25(26(33)18-30-15-14-22-10-8-9-11-23(22)17-30)20(2)31(19)27-21(3)29(4)32(28(27)34)24-12-6-5-7-13-24/h5-7,12-17H,8-11,18H2,1-4H3/q+1. The molecule has 0 N–H and O–H groups in total. The highest BCUT2D eigenvalue weighted by atomic mass is 16.1. The molecule has 34 heavy (non-hydrogen) atoms. The molecule has 0 bridgehead atoms. The van der Waals surface area contributed by atoms with E-state index < -0.39 is 0 Å². The Morgan fingerprint density at radius 2 is 1.68 bits per heavy atom. The van der Waals surface area contributed by atoms with E-state index >= 15 is 0 Å². The molecule has 0 atom stereocenters. The van der Waals surface area contributed by atoms with Crippen LogP contribution in [-0.2, 0) is 26.4 Å². The predicted octanol–water partition coefficient (Wildman–Crippen LogP) is 3.94. The lowest BCUT2D eigenvalue weighted by molar-refractivity contribution is -0.683. The van der Waals surface area contributed by atoms with Gasteiger partial charge in [0.2, 0.25) is 12.3 Å². The first-order valence-electron chi connectivity index (χ1n) is 11.9. The van der Waals surface area contributed by atoms with Crippen LogP contribution in [0, 0.1) is 20.8 Å². The van der Waals surface area contributed by atoms with Gasteiger partial charge in [-0.3, -0.25) is 14.3 Å². The zero-order valence-electron chi connectivity index (χ0n) is 20.3. The Kier molecular flexibility index (Phi) is 5.60. The third kappa shape index (κ3) is 3.63. The number of aromatic nitrogens is 4. The van der Waals surface area contributed by atoms with Crippen molar-refractivity contribution in [3.05, 3.63) is 99.0 Å². The zero-order chi connectivity index (χ0) is 24.0. The highest BCUT2D eigenvalue weighted by Gasteiger charge is 2.25. The lowest BCUT2D eigenvalue weighted by Crippen LogP contribution is -2.38. The Morgan fingerprint density at radius 3 is 2.41 bits per heavy atom. The normalized spacial score (nSPS) is 13.2. The molecule has 3 aromatic heterocycles. The molecule has 4 aromatic rings. The van der Waals surface area contributed by atoms with Gasteiger partial charge in [-0.1, -0.05) is 18.2 Å². The largest absolute Gasteiger partial charge is 0.311 e. The summed E-state index contributed by atoms with van der Waals surface area (Å²) in [5.41, 5.74) is 7.24. The van der Waals surface area contributed by atoms with Crippen molar-refractivity contribution in [1.29, 1.82) is 0 Å². The van der Waals surface area contributed by atoms with Gasteiger partial charge >= 0.3 is 0 Å². The van der Waals surface area contributed by atoms with Crippen LogP contribution in [0.2, 0.25) is 0 Å². The molecule has 0 radical (unpaired) electrons. The number of nitrogens with zero attached hydrogens (tertiary/aromatic N) is 4. The lowest BCUT2D eigenvalue weighted by Gasteiger charge is -2.13. The molecule has 6 heteroatoms. The molecular formula is C28H31N4O2+. The quantitative estimate of drug-likeness (QED) is 0.338. The number of aryl methyl sites for hydroxylation is 3. The molecule has 0 unspecified atom stereocenters. The molecule has 0 spiro atoms. The summed E-state index contributed by atoms with van der Waals surface area (Å²) in [6.07, 6.45) is 8.81. The summed E-state index contributed by atoms with van der Waals surface area (Å²) in [7, 11) is 1.89. The van der Waals surface area contributed by atoms with Gasteiger partial charge in [0.05, 0.1) is 11.4 Å². The number of para-hydroxylation sites is 1. The molecule has 5 rings (SSSR count). The first-order chi connectivity index (χ1) is 16.4. The van der Waals surface area contributed by atoms with Crippen molar-refractivity contribution in [2.24, 2.45) is 7.05 Å². The number of rotatable bonds is 5. The lowest BCUT2D eigenvalue weighted by atomic mass is 9.93. The minimum absolute atomic E-state index is 0.0529. The smallest absolute Gasteiger partial charge is 0.295 e. The van der Waals surface area contributed by atoms with Crippen LogP contribution < -0.4 is 10.1 Å². The molecule has 3 heterocycles. The van der Waals surface area contributed by atoms with Gasteiger partial charge in [0.25, 0.3) is 5.56 Å². The maximum absolute atomic E-state index is 13.6. The van der Waals surface area contributed by atoms with E-state index in [0.29, 0.717) is 17.8 Å². The van der Waals surface area contributed by atoms with E-state index in [1.807, 2.05) is 84.2 Å². The van der Waals surface area contributed by atoms with E-state index in [9.17, 15) is 9.59 Å². The van der Waals surface area contributed by atoms with E-state index in [-0.39, 0.29) is 11.3 Å². The van der Waals surface area contributed by atoms with Gasteiger partial charge in [-0.15, -0.1) is 0 Å². The van der Waals surface area contributed by atoms with Gasteiger partial charge in [0.1, 0.15) is 5.69 Å². The summed E-state index contributed by atoms with van der Waals surface area (Å²) >= 11 is 0. The fourth-order valence-corrected chi connectivity index (χ4v) is 5.27. The summed E-state index contributed by atoms with van der Waals surface area (Å²) < 4.78 is 7.47. The number of pyridine rings is 1. The molecule has 1 aliphatic carbocycles. The summed E-state index contributed by atoms with van der Waals surface area (Å²) in [5, 5.41) is 0. The Hall–Kier alpha value is -3.67. The van der Waals surface area contributed by atoms with Crippen molar-refractivity contribution in [1.82, 2.24) is 13.9 Å². The van der Waals surface area contributed by atoms with Crippen molar-refractivity contribution in [2.45, 2.75) is 53.0 Å². The van der Waals surface area contributed by atoms with Crippen molar-refractivity contribution in [2.75, 3.05) is 0 Å². The Morgan fingerprint density at radius 1 is 0.971 bits per heavy atom. The minimum Gasteiger partial charge on any atom is -0.311 e. The van der Waals surface area contributed by atoms with Crippen LogP contribution in [0.4, 0.5) is 0 Å². The molecule has 0 saturated carbocycles. The van der Waals surface area contributed by atoms with Gasteiger partial charge in [-0.2, -0.15) is 4.57 Å². The molecule has 0 saturated heterocycles. The maximum Gasteiger partial charge on any atom is 0.295 e. The highest BCUT2D eigenvalue weighted by Crippen LogP contribution is 2.23. The van der Waals surface area contributed by atoms with Crippen molar-refractivity contribution >= 4 is 5.78 Å². The van der Waals surface area contributed by atoms with Gasteiger partial charge in [-0.05, 0) is 70.2 Å². The SMILES string of the molecule is Cc1cc(C(=O)C[n+]2ccc3c(c2)CCCC3)c(C)n1-c1c(C)n(C)n(-c2ccccc2)c1=O. The Balaban J connectivity index is 1.52. The number of benzene rings is 1. The van der Waals surface area contributed by atoms with Crippen molar-refractivity contribution in [3.8, 4) is 11.4 Å². The topological polar surface area (TPSA) is 52.8 Å². The average molecular weight is 456 g/mol. The molecule has 0 aliphatic heterocycles. The van der Waals surface area contributed by atoms with E-state index in [0.717, 1.165) is 35.6 Å². The second kappa shape index (κ2) is 8.60. The van der Waals surface area contributed by atoms with Gasteiger partial charge in [0.15, 0.2) is 12.4 Å². The van der Waals surface area contributed by atoms with Gasteiger partial charge in [0, 0.05) is 35.6 Å². The summed E-state index contributed by atoms with van der Waals surface area (Å²) in [6, 6.07) is 13.7. The number of hydrogen-bond acceptors (Lipinski definition) is 2. The fraction of sp³-hybridized carbons (Fsp3) is 0.321. The zero-order valence-corrected chi connectivity index (χ0v) is 20.3. The summed E-state index contributed by atoms with van der Waals surface area (Å²) in [5.74, 6) is 0.0529. The number of Topliss-reactive ketones (excluding diaryl/α,β-unsaturated/α-hetero) is 1. The molecule has 174 valence electrons. The maximum atomic E-state index is 13.6. The first kappa shape index (κ1) is 22.1. The minimum atomic E-state index is -0.101. The van der Waals surface area contributed by atoms with E-state index in [1.54, 1.807) is 4.68 Å². The molecule has 0 fully saturated rings.